The molecule has 2 atom stereocenters. The highest BCUT2D eigenvalue weighted by atomic mass is 35.5. The molecule has 170 valence electrons. The summed E-state index contributed by atoms with van der Waals surface area (Å²) in [7, 11) is 0. The number of rotatable bonds is 8. The molecule has 1 aliphatic rings. The molecule has 2 amide bonds. The van der Waals surface area contributed by atoms with Gasteiger partial charge in [0.1, 0.15) is 11.8 Å². The lowest BCUT2D eigenvalue weighted by atomic mass is 9.98. The van der Waals surface area contributed by atoms with Gasteiger partial charge in [-0.2, -0.15) is 8.78 Å². The highest BCUT2D eigenvalue weighted by Gasteiger charge is 2.40. The largest absolute Gasteiger partial charge is 0.435 e. The number of carbonyl (C=O) groups is 2. The first kappa shape index (κ1) is 23.5. The Morgan fingerprint density at radius 1 is 1.28 bits per heavy atom. The van der Waals surface area contributed by atoms with Crippen molar-refractivity contribution in [2.45, 2.75) is 31.7 Å². The van der Waals surface area contributed by atoms with Crippen molar-refractivity contribution >= 4 is 29.1 Å². The first-order valence-corrected chi connectivity index (χ1v) is 10.1. The minimum Gasteiger partial charge on any atom is -0.435 e. The molecule has 10 heteroatoms. The van der Waals surface area contributed by atoms with Crippen molar-refractivity contribution in [2.24, 2.45) is 5.73 Å². The molecule has 0 saturated carbocycles. The van der Waals surface area contributed by atoms with E-state index >= 15 is 0 Å². The maximum absolute atomic E-state index is 12.7. The Labute approximate surface area is 188 Å². The van der Waals surface area contributed by atoms with E-state index in [9.17, 15) is 23.5 Å². The van der Waals surface area contributed by atoms with E-state index < -0.39 is 24.7 Å². The number of ether oxygens (including phenoxy) is 1. The van der Waals surface area contributed by atoms with Gasteiger partial charge in [-0.3, -0.25) is 9.59 Å². The fourth-order valence-corrected chi connectivity index (χ4v) is 3.51. The highest BCUT2D eigenvalue weighted by Crippen LogP contribution is 2.29. The Hall–Kier alpha value is -3.17. The molecule has 0 aliphatic carbocycles. The lowest BCUT2D eigenvalue weighted by molar-refractivity contribution is -0.154. The minimum atomic E-state index is -3.08. The van der Waals surface area contributed by atoms with Gasteiger partial charge in [-0.25, -0.2) is 0 Å². The Morgan fingerprint density at radius 3 is 2.53 bits per heavy atom. The van der Waals surface area contributed by atoms with Crippen LogP contribution in [0.15, 0.2) is 49.0 Å². The van der Waals surface area contributed by atoms with Crippen molar-refractivity contribution in [1.29, 1.82) is 0 Å². The molecule has 4 N–H and O–H groups in total. The Bertz CT molecular complexity index is 1020. The summed E-state index contributed by atoms with van der Waals surface area (Å²) in [5, 5.41) is 13.2. The second-order valence-electron chi connectivity index (χ2n) is 7.28. The number of nitrogens with two attached hydrogens (primary N) is 1. The molecule has 0 aromatic heterocycles. The standard InChI is InChI=1S/C22H22ClF2N3O4/c1-12(26)14-4-2-13(3-5-14)11-27-20(30)18-6-7-28(18)21(31)19(29)15-8-16(23)10-17(9-15)32-22(24)25/h2-5,8-10,18-19,22,29H,1,6-7,11,26H2,(H,27,30)/t18-,19+/m0/s1. The number of halogens is 3. The third kappa shape index (κ3) is 5.54. The number of aliphatic hydroxyl groups excluding tert-OH is 1. The highest BCUT2D eigenvalue weighted by molar-refractivity contribution is 6.30. The molecule has 1 aliphatic heterocycles. The molecule has 0 unspecified atom stereocenters. The molecular formula is C22H22ClF2N3O4. The number of hydrogen-bond donors (Lipinski definition) is 3. The number of benzene rings is 2. The zero-order valence-corrected chi connectivity index (χ0v) is 17.7. The second-order valence-corrected chi connectivity index (χ2v) is 7.71. The maximum atomic E-state index is 12.7. The van der Waals surface area contributed by atoms with Crippen molar-refractivity contribution in [1.82, 2.24) is 10.2 Å². The molecule has 2 aromatic carbocycles. The third-order valence-electron chi connectivity index (χ3n) is 5.07. The van der Waals surface area contributed by atoms with Crippen molar-refractivity contribution in [2.75, 3.05) is 6.54 Å². The molecule has 0 radical (unpaired) electrons. The number of hydrogen-bond acceptors (Lipinski definition) is 5. The SMILES string of the molecule is C=C(N)c1ccc(CNC(=O)[C@@H]2CCN2C(=O)[C@H](O)c2cc(Cl)cc(OC(F)F)c2)cc1. The van der Waals surface area contributed by atoms with E-state index in [0.29, 0.717) is 12.1 Å². The number of likely N-dealkylation sites (tertiary alicyclic amines) is 1. The van der Waals surface area contributed by atoms with Crippen molar-refractivity contribution in [3.63, 3.8) is 0 Å². The molecule has 1 saturated heterocycles. The fraction of sp³-hybridized carbons (Fsp3) is 0.273. The Balaban J connectivity index is 1.61. The average Bonchev–Trinajstić information content (AvgIpc) is 2.70. The van der Waals surface area contributed by atoms with Gasteiger partial charge in [0.05, 0.1) is 0 Å². The maximum Gasteiger partial charge on any atom is 0.387 e. The van der Waals surface area contributed by atoms with Crippen LogP contribution in [0.25, 0.3) is 5.70 Å². The van der Waals surface area contributed by atoms with Gasteiger partial charge in [-0.1, -0.05) is 42.4 Å². The van der Waals surface area contributed by atoms with Crippen molar-refractivity contribution in [3.05, 3.63) is 70.8 Å². The molecule has 7 nitrogen and oxygen atoms in total. The van der Waals surface area contributed by atoms with E-state index in [1.54, 1.807) is 24.3 Å². The first-order valence-electron chi connectivity index (χ1n) is 9.71. The lowest BCUT2D eigenvalue weighted by Crippen LogP contribution is -2.59. The molecule has 1 fully saturated rings. The minimum absolute atomic E-state index is 0.00853. The average molecular weight is 466 g/mol. The number of amides is 2. The number of carbonyl (C=O) groups excluding carboxylic acids is 2. The molecule has 0 spiro atoms. The summed E-state index contributed by atoms with van der Waals surface area (Å²) in [6, 6.07) is 9.97. The van der Waals surface area contributed by atoms with Gasteiger partial charge in [-0.15, -0.1) is 0 Å². The van der Waals surface area contributed by atoms with Crippen molar-refractivity contribution in [3.8, 4) is 5.75 Å². The van der Waals surface area contributed by atoms with E-state index in [1.807, 2.05) is 0 Å². The molecule has 1 heterocycles. The Morgan fingerprint density at radius 2 is 1.97 bits per heavy atom. The summed E-state index contributed by atoms with van der Waals surface area (Å²) in [6.45, 7) is 1.11. The van der Waals surface area contributed by atoms with Gasteiger partial charge < -0.3 is 25.8 Å². The fourth-order valence-electron chi connectivity index (χ4n) is 3.28. The molecule has 32 heavy (non-hydrogen) atoms. The van der Waals surface area contributed by atoms with Crippen LogP contribution in [0.4, 0.5) is 8.78 Å². The predicted octanol–water partition coefficient (Wildman–Crippen LogP) is 2.82. The van der Waals surface area contributed by atoms with Crippen LogP contribution in [-0.2, 0) is 16.1 Å². The van der Waals surface area contributed by atoms with Gasteiger partial charge in [0.2, 0.25) is 5.91 Å². The van der Waals surface area contributed by atoms with Crippen molar-refractivity contribution < 1.29 is 28.2 Å². The summed E-state index contributed by atoms with van der Waals surface area (Å²) >= 11 is 5.88. The monoisotopic (exact) mass is 465 g/mol. The van der Waals surface area contributed by atoms with Gasteiger partial charge in [0, 0.05) is 23.8 Å². The summed E-state index contributed by atoms with van der Waals surface area (Å²) in [6.07, 6.45) is -1.24. The summed E-state index contributed by atoms with van der Waals surface area (Å²) < 4.78 is 29.2. The van der Waals surface area contributed by atoms with Crippen LogP contribution < -0.4 is 15.8 Å². The quantitative estimate of drug-likeness (QED) is 0.556. The summed E-state index contributed by atoms with van der Waals surface area (Å²) in [5.74, 6) is -1.37. The van der Waals surface area contributed by atoms with Gasteiger partial charge in [0.25, 0.3) is 5.91 Å². The summed E-state index contributed by atoms with van der Waals surface area (Å²) in [4.78, 5) is 26.5. The molecular weight excluding hydrogens is 444 g/mol. The second kappa shape index (κ2) is 9.97. The molecule has 2 aromatic rings. The van der Waals surface area contributed by atoms with E-state index in [4.69, 9.17) is 17.3 Å². The normalized spacial score (nSPS) is 16.3. The summed E-state index contributed by atoms with van der Waals surface area (Å²) in [5.41, 5.74) is 7.68. The van der Waals surface area contributed by atoms with E-state index in [1.165, 1.54) is 11.0 Å². The van der Waals surface area contributed by atoms with Crippen LogP contribution in [0.3, 0.4) is 0 Å². The van der Waals surface area contributed by atoms with Crippen LogP contribution in [0.1, 0.15) is 29.2 Å². The topological polar surface area (TPSA) is 105 Å². The van der Waals surface area contributed by atoms with Crippen LogP contribution in [0, 0.1) is 0 Å². The van der Waals surface area contributed by atoms with E-state index in [-0.39, 0.29) is 35.3 Å². The van der Waals surface area contributed by atoms with Crippen LogP contribution in [0.2, 0.25) is 5.02 Å². The zero-order chi connectivity index (χ0) is 23.4. The van der Waals surface area contributed by atoms with Gasteiger partial charge in [0.15, 0.2) is 6.10 Å². The first-order chi connectivity index (χ1) is 15.2. The van der Waals surface area contributed by atoms with Gasteiger partial charge in [-0.05, 0) is 41.3 Å². The molecule has 3 rings (SSSR count). The number of alkyl halides is 2. The smallest absolute Gasteiger partial charge is 0.387 e. The van der Waals surface area contributed by atoms with Crippen LogP contribution in [0.5, 0.6) is 5.75 Å². The van der Waals surface area contributed by atoms with E-state index in [2.05, 4.69) is 16.6 Å². The van der Waals surface area contributed by atoms with Crippen LogP contribution in [-0.4, -0.2) is 41.0 Å². The zero-order valence-electron chi connectivity index (χ0n) is 16.9. The lowest BCUT2D eigenvalue weighted by Gasteiger charge is -2.40. The number of nitrogens with one attached hydrogen (secondary N) is 1. The van der Waals surface area contributed by atoms with Gasteiger partial charge >= 0.3 is 6.61 Å². The third-order valence-corrected chi connectivity index (χ3v) is 5.28. The Kier molecular flexibility index (Phi) is 7.32. The van der Waals surface area contributed by atoms with Crippen LogP contribution >= 0.6 is 11.6 Å². The molecule has 0 bridgehead atoms. The number of aliphatic hydroxyl groups is 1. The number of nitrogens with zero attached hydrogens (tertiary/aromatic N) is 1. The van der Waals surface area contributed by atoms with E-state index in [0.717, 1.165) is 23.3 Å². The predicted molar refractivity (Wildman–Crippen MR) is 115 cm³/mol.